The minimum Gasteiger partial charge on any atom is -0.314 e. The molecule has 0 fully saturated rings. The number of nitrogens with zero attached hydrogens (tertiary/aromatic N) is 2. The van der Waals surface area contributed by atoms with E-state index in [0.29, 0.717) is 13.1 Å². The van der Waals surface area contributed by atoms with E-state index in [4.69, 9.17) is 0 Å². The fraction of sp³-hybridized carbons (Fsp3) is 0.280. The smallest absolute Gasteiger partial charge is 0.211 e. The number of fused-ring (bicyclic) bond motifs is 4. The van der Waals surface area contributed by atoms with Crippen molar-refractivity contribution in [2.24, 2.45) is 0 Å². The number of rotatable bonds is 4. The lowest BCUT2D eigenvalue weighted by molar-refractivity contribution is 0.458. The summed E-state index contributed by atoms with van der Waals surface area (Å²) in [7, 11) is -5.93. The normalized spacial score (nSPS) is 23.3. The molecule has 4 nitrogen and oxygen atoms in total. The number of hydrogen-bond donors (Lipinski definition) is 0. The second-order valence-electron chi connectivity index (χ2n) is 8.29. The van der Waals surface area contributed by atoms with Crippen LogP contribution in [0.4, 0.5) is 17.1 Å². The fourth-order valence-electron chi connectivity index (χ4n) is 5.13. The van der Waals surface area contributed by atoms with Crippen molar-refractivity contribution in [1.82, 2.24) is 4.67 Å². The Hall–Kier alpha value is -2.12. The summed E-state index contributed by atoms with van der Waals surface area (Å²) in [6, 6.07) is 20.2. The first-order valence-corrected chi connectivity index (χ1v) is 14.8. The second-order valence-corrected chi connectivity index (χ2v) is 13.8. The van der Waals surface area contributed by atoms with E-state index in [9.17, 15) is 4.57 Å². The van der Waals surface area contributed by atoms with E-state index in [1.54, 1.807) is 0 Å². The Morgan fingerprint density at radius 3 is 1.94 bits per heavy atom. The maximum Gasteiger partial charge on any atom is 0.211 e. The Morgan fingerprint density at radius 2 is 1.32 bits per heavy atom. The van der Waals surface area contributed by atoms with Gasteiger partial charge in [-0.2, -0.15) is 0 Å². The van der Waals surface area contributed by atoms with Gasteiger partial charge in [-0.1, -0.05) is 45.0 Å². The second kappa shape index (κ2) is 7.20. The molecule has 3 aromatic rings. The fourth-order valence-corrected chi connectivity index (χ4v) is 10.8. The largest absolute Gasteiger partial charge is 0.314 e. The molecule has 0 aromatic heterocycles. The van der Waals surface area contributed by atoms with Crippen LogP contribution in [0, 0.1) is 0 Å². The van der Waals surface area contributed by atoms with E-state index in [-0.39, 0.29) is 0 Å². The summed E-state index contributed by atoms with van der Waals surface area (Å²) in [5, 5.41) is 3.41. The van der Waals surface area contributed by atoms with Crippen molar-refractivity contribution in [3.8, 4) is 0 Å². The average molecular weight is 450 g/mol. The van der Waals surface area contributed by atoms with E-state index < -0.39 is 14.4 Å². The lowest BCUT2D eigenvalue weighted by atomic mass is 10.1. The van der Waals surface area contributed by atoms with E-state index >= 15 is 4.57 Å². The van der Waals surface area contributed by atoms with Crippen LogP contribution in [-0.2, 0) is 15.6 Å². The molecule has 160 valence electrons. The van der Waals surface area contributed by atoms with Gasteiger partial charge >= 0.3 is 0 Å². The zero-order chi connectivity index (χ0) is 22.0. The topological polar surface area (TPSA) is 40.6 Å². The molecule has 2 aliphatic rings. The van der Waals surface area contributed by atoms with Gasteiger partial charge in [0, 0.05) is 23.7 Å². The molecule has 2 aliphatic heterocycles. The van der Waals surface area contributed by atoms with Crippen molar-refractivity contribution in [2.45, 2.75) is 27.2 Å². The Morgan fingerprint density at radius 1 is 0.774 bits per heavy atom. The van der Waals surface area contributed by atoms with Gasteiger partial charge in [-0.25, -0.2) is 4.67 Å². The summed E-state index contributed by atoms with van der Waals surface area (Å²) in [6.07, 6.45) is 0.807. The van der Waals surface area contributed by atoms with Crippen LogP contribution >= 0.6 is 14.4 Å². The average Bonchev–Trinajstić information content (AvgIpc) is 2.79. The number of benzene rings is 3. The Balaban J connectivity index is 1.99. The van der Waals surface area contributed by atoms with Crippen LogP contribution in [0.1, 0.15) is 26.3 Å². The van der Waals surface area contributed by atoms with Crippen molar-refractivity contribution in [3.63, 3.8) is 0 Å². The van der Waals surface area contributed by atoms with Crippen molar-refractivity contribution in [2.75, 3.05) is 24.7 Å². The highest BCUT2D eigenvalue weighted by molar-refractivity contribution is 7.80. The van der Waals surface area contributed by atoms with Gasteiger partial charge in [-0.05, 0) is 55.0 Å². The molecular weight excluding hydrogens is 422 g/mol. The molecule has 0 radical (unpaired) electrons. The Bertz CT molecular complexity index is 1300. The van der Waals surface area contributed by atoms with Crippen LogP contribution in [0.5, 0.6) is 0 Å². The predicted molar refractivity (Wildman–Crippen MR) is 133 cm³/mol. The Labute approximate surface area is 184 Å². The summed E-state index contributed by atoms with van der Waals surface area (Å²) in [5.74, 6) is 0. The van der Waals surface area contributed by atoms with Crippen molar-refractivity contribution in [3.05, 3.63) is 66.2 Å². The van der Waals surface area contributed by atoms with E-state index in [1.807, 2.05) is 49.1 Å². The lowest BCUT2D eigenvalue weighted by Gasteiger charge is -2.45. The van der Waals surface area contributed by atoms with Gasteiger partial charge in [0.2, 0.25) is 7.29 Å². The molecule has 2 heterocycles. The summed E-state index contributed by atoms with van der Waals surface area (Å²) < 4.78 is 31.5. The van der Waals surface area contributed by atoms with Crippen molar-refractivity contribution < 1.29 is 9.13 Å². The molecular formula is C25H28N2O2P2. The number of aryl methyl sites for hydroxylation is 1. The third-order valence-electron chi connectivity index (χ3n) is 6.71. The first-order chi connectivity index (χ1) is 14.9. The van der Waals surface area contributed by atoms with E-state index in [1.165, 1.54) is 0 Å². The zero-order valence-electron chi connectivity index (χ0n) is 18.5. The van der Waals surface area contributed by atoms with Gasteiger partial charge in [-0.3, -0.25) is 4.57 Å². The molecule has 5 rings (SSSR count). The lowest BCUT2D eigenvalue weighted by Crippen LogP contribution is -2.46. The van der Waals surface area contributed by atoms with Gasteiger partial charge in [0.05, 0.1) is 27.7 Å². The highest BCUT2D eigenvalue weighted by atomic mass is 31.2. The summed E-state index contributed by atoms with van der Waals surface area (Å²) in [4.78, 5) is 2.20. The van der Waals surface area contributed by atoms with Gasteiger partial charge in [0.15, 0.2) is 0 Å². The minimum atomic E-state index is -3.08. The molecule has 0 N–H and O–H groups in total. The van der Waals surface area contributed by atoms with Crippen molar-refractivity contribution >= 4 is 52.7 Å². The molecule has 2 unspecified atom stereocenters. The summed E-state index contributed by atoms with van der Waals surface area (Å²) in [6.45, 7) is 9.47. The molecule has 0 spiro atoms. The summed E-state index contributed by atoms with van der Waals surface area (Å²) >= 11 is 0. The number of hydrogen-bond acceptors (Lipinski definition) is 3. The van der Waals surface area contributed by atoms with Gasteiger partial charge in [-0.15, -0.1) is 0 Å². The highest BCUT2D eigenvalue weighted by Gasteiger charge is 2.48. The van der Waals surface area contributed by atoms with E-state index in [0.717, 1.165) is 50.3 Å². The molecule has 6 heteroatoms. The van der Waals surface area contributed by atoms with Crippen molar-refractivity contribution in [1.29, 1.82) is 0 Å². The maximum absolute atomic E-state index is 15.1. The van der Waals surface area contributed by atoms with Crippen LogP contribution in [0.25, 0.3) is 0 Å². The molecule has 0 aliphatic carbocycles. The third-order valence-corrected chi connectivity index (χ3v) is 12.7. The Kier molecular flexibility index (Phi) is 4.83. The molecule has 0 saturated carbocycles. The maximum atomic E-state index is 15.1. The van der Waals surface area contributed by atoms with Crippen LogP contribution < -0.4 is 26.1 Å². The summed E-state index contributed by atoms with van der Waals surface area (Å²) in [5.41, 5.74) is 3.82. The first kappa shape index (κ1) is 20.8. The molecule has 0 bridgehead atoms. The SMILES string of the molecule is CCc1cc2c3c(c1)P(=O)(N(CC)CC)c1ccccc1N3c1ccccc1P2(C)=O. The van der Waals surface area contributed by atoms with Crippen LogP contribution in [0.2, 0.25) is 0 Å². The van der Waals surface area contributed by atoms with Crippen LogP contribution in [-0.4, -0.2) is 24.4 Å². The number of para-hydroxylation sites is 2. The molecule has 2 atom stereocenters. The predicted octanol–water partition coefficient (Wildman–Crippen LogP) is 4.86. The molecule has 3 aromatic carbocycles. The quantitative estimate of drug-likeness (QED) is 0.533. The molecule has 31 heavy (non-hydrogen) atoms. The minimum absolute atomic E-state index is 0.688. The third kappa shape index (κ3) is 2.65. The molecule has 0 amide bonds. The van der Waals surface area contributed by atoms with Gasteiger partial charge in [0.25, 0.3) is 0 Å². The first-order valence-electron chi connectivity index (χ1n) is 11.0. The number of anilines is 3. The highest BCUT2D eigenvalue weighted by Crippen LogP contribution is 2.61. The van der Waals surface area contributed by atoms with E-state index in [2.05, 4.69) is 48.5 Å². The van der Waals surface area contributed by atoms with Crippen LogP contribution in [0.15, 0.2) is 60.7 Å². The van der Waals surface area contributed by atoms with Gasteiger partial charge < -0.3 is 9.46 Å². The standard InChI is InChI=1S/C25H28N2O2P2/c1-5-18-16-23-25-24(17-18)31(29,26(6-2)7-3)22-15-11-9-13-20(22)27(25)19-12-8-10-14-21(19)30(23,4)28/h8-17H,5-7H2,1-4H3. The zero-order valence-corrected chi connectivity index (χ0v) is 20.3. The monoisotopic (exact) mass is 450 g/mol. The van der Waals surface area contributed by atoms with Gasteiger partial charge in [0.1, 0.15) is 7.14 Å². The molecule has 0 saturated heterocycles. The van der Waals surface area contributed by atoms with Crippen LogP contribution in [0.3, 0.4) is 0 Å².